The number of fused-ring (bicyclic) bond motifs is 7. The number of hydrogen-bond acceptors (Lipinski definition) is 3. The lowest BCUT2D eigenvalue weighted by molar-refractivity contribution is 0.908. The van der Waals surface area contributed by atoms with Gasteiger partial charge in [-0.3, -0.25) is 4.57 Å². The molecule has 50 heavy (non-hydrogen) atoms. The van der Waals surface area contributed by atoms with E-state index >= 15 is 0 Å². The first-order valence-corrected chi connectivity index (χ1v) is 18.0. The summed E-state index contributed by atoms with van der Waals surface area (Å²) in [6.07, 6.45) is 0.858. The first-order chi connectivity index (χ1) is 24.7. The van der Waals surface area contributed by atoms with E-state index in [4.69, 9.17) is 9.97 Å². The Morgan fingerprint density at radius 3 is 2.02 bits per heavy atom. The van der Waals surface area contributed by atoms with Gasteiger partial charge < -0.3 is 0 Å². The van der Waals surface area contributed by atoms with Gasteiger partial charge >= 0.3 is 0 Å². The molecule has 0 N–H and O–H groups in total. The average Bonchev–Trinajstić information content (AvgIpc) is 3.76. The molecule has 0 spiro atoms. The van der Waals surface area contributed by atoms with Crippen LogP contribution in [-0.2, 0) is 6.42 Å². The fraction of sp³-hybridized carbons (Fsp3) is 0.0435. The van der Waals surface area contributed by atoms with Crippen molar-refractivity contribution in [2.75, 3.05) is 0 Å². The van der Waals surface area contributed by atoms with Crippen molar-refractivity contribution in [3.8, 4) is 39.2 Å². The summed E-state index contributed by atoms with van der Waals surface area (Å²) in [6, 6.07) is 56.9. The van der Waals surface area contributed by atoms with Crippen LogP contribution in [0.2, 0.25) is 0 Å². The summed E-state index contributed by atoms with van der Waals surface area (Å²) < 4.78 is 4.93. The Balaban J connectivity index is 1.14. The summed E-state index contributed by atoms with van der Waals surface area (Å²) in [5.41, 5.74) is 11.2. The number of benzene rings is 7. The van der Waals surface area contributed by atoms with Gasteiger partial charge in [0.15, 0.2) is 0 Å². The lowest BCUT2D eigenvalue weighted by Crippen LogP contribution is -2.00. The Kier molecular flexibility index (Phi) is 6.64. The highest BCUT2D eigenvalue weighted by molar-refractivity contribution is 7.26. The molecule has 0 bridgehead atoms. The fourth-order valence-electron chi connectivity index (χ4n) is 7.66. The van der Waals surface area contributed by atoms with Gasteiger partial charge in [0, 0.05) is 54.0 Å². The zero-order valence-electron chi connectivity index (χ0n) is 27.5. The van der Waals surface area contributed by atoms with E-state index in [1.807, 2.05) is 11.3 Å². The third-order valence-corrected chi connectivity index (χ3v) is 11.2. The largest absolute Gasteiger partial charge is 0.296 e. The minimum Gasteiger partial charge on any atom is -0.296 e. The molecule has 0 atom stereocenters. The van der Waals surface area contributed by atoms with Crippen LogP contribution in [0.3, 0.4) is 0 Å². The summed E-state index contributed by atoms with van der Waals surface area (Å²) in [5, 5.41) is 6.17. The molecule has 3 nitrogen and oxygen atoms in total. The molecule has 3 aromatic heterocycles. The van der Waals surface area contributed by atoms with Crippen molar-refractivity contribution >= 4 is 64.2 Å². The van der Waals surface area contributed by atoms with Crippen LogP contribution in [0.15, 0.2) is 158 Å². The zero-order chi connectivity index (χ0) is 33.2. The Labute approximate surface area is 293 Å². The van der Waals surface area contributed by atoms with Crippen molar-refractivity contribution in [2.45, 2.75) is 13.3 Å². The van der Waals surface area contributed by atoms with Gasteiger partial charge in [0.1, 0.15) is 5.82 Å². The number of pyridine rings is 1. The second kappa shape index (κ2) is 11.5. The highest BCUT2D eigenvalue weighted by atomic mass is 32.1. The minimum atomic E-state index is 0.858. The monoisotopic (exact) mass is 657 g/mol. The van der Waals surface area contributed by atoms with E-state index in [0.29, 0.717) is 0 Å². The maximum Gasteiger partial charge on any atom is 0.114 e. The van der Waals surface area contributed by atoms with E-state index in [2.05, 4.69) is 169 Å². The molecular weight excluding hydrogens is 627 g/mol. The molecule has 0 unspecified atom stereocenters. The third-order valence-electron chi connectivity index (χ3n) is 9.96. The van der Waals surface area contributed by atoms with Crippen LogP contribution in [0.4, 0.5) is 0 Å². The lowest BCUT2D eigenvalue weighted by atomic mass is 9.91. The van der Waals surface area contributed by atoms with Crippen LogP contribution in [0, 0.1) is 0 Å². The van der Waals surface area contributed by atoms with Crippen LogP contribution in [-0.4, -0.2) is 14.5 Å². The van der Waals surface area contributed by atoms with Gasteiger partial charge in [0.05, 0.1) is 22.2 Å². The van der Waals surface area contributed by atoms with Gasteiger partial charge in [-0.15, -0.1) is 11.3 Å². The van der Waals surface area contributed by atoms with E-state index in [1.54, 1.807) is 0 Å². The van der Waals surface area contributed by atoms with Crippen LogP contribution in [0.25, 0.3) is 92.1 Å². The number of rotatable bonds is 5. The van der Waals surface area contributed by atoms with Crippen molar-refractivity contribution < 1.29 is 0 Å². The number of nitrogens with zero attached hydrogens (tertiary/aromatic N) is 3. The van der Waals surface area contributed by atoms with Crippen LogP contribution < -0.4 is 0 Å². The molecule has 7 aromatic carbocycles. The molecule has 0 aliphatic heterocycles. The number of aromatic nitrogens is 3. The van der Waals surface area contributed by atoms with E-state index in [1.165, 1.54) is 47.8 Å². The standard InChI is InChI=1S/C46H31N3S/c1-2-43-47-40-21-6-7-22-41(40)49(43)32-26-24-29(25-27-32)45-38-19-10-16-33(44(38)37-15-3-5-20-39(37)48-45)30-12-9-13-31(28-30)34-17-11-18-36-35-14-4-8-23-42(35)50-46(34)36/h3-28H,2H2,1H3. The Morgan fingerprint density at radius 2 is 1.18 bits per heavy atom. The molecular formula is C46H31N3S. The van der Waals surface area contributed by atoms with Gasteiger partial charge in [-0.1, -0.05) is 122 Å². The molecule has 236 valence electrons. The van der Waals surface area contributed by atoms with Gasteiger partial charge in [0.25, 0.3) is 0 Å². The molecule has 3 heterocycles. The number of thiophene rings is 1. The highest BCUT2D eigenvalue weighted by Crippen LogP contribution is 2.43. The van der Waals surface area contributed by atoms with Crippen molar-refractivity contribution in [1.82, 2.24) is 14.5 Å². The van der Waals surface area contributed by atoms with Gasteiger partial charge in [-0.2, -0.15) is 0 Å². The van der Waals surface area contributed by atoms with E-state index in [9.17, 15) is 0 Å². The predicted molar refractivity (Wildman–Crippen MR) is 212 cm³/mol. The van der Waals surface area contributed by atoms with Crippen molar-refractivity contribution in [1.29, 1.82) is 0 Å². The molecule has 0 aliphatic carbocycles. The molecule has 10 rings (SSSR count). The van der Waals surface area contributed by atoms with E-state index in [0.717, 1.165) is 56.5 Å². The van der Waals surface area contributed by atoms with E-state index in [-0.39, 0.29) is 0 Å². The topological polar surface area (TPSA) is 30.7 Å². The normalized spacial score (nSPS) is 11.8. The van der Waals surface area contributed by atoms with Crippen molar-refractivity contribution in [2.24, 2.45) is 0 Å². The number of imidazole rings is 1. The van der Waals surface area contributed by atoms with Crippen LogP contribution in [0.1, 0.15) is 12.7 Å². The van der Waals surface area contributed by atoms with Crippen molar-refractivity contribution in [3.63, 3.8) is 0 Å². The molecule has 10 aromatic rings. The number of hydrogen-bond donors (Lipinski definition) is 0. The Bertz CT molecular complexity index is 2910. The quantitative estimate of drug-likeness (QED) is 0.172. The first-order valence-electron chi connectivity index (χ1n) is 17.1. The molecule has 0 amide bonds. The zero-order valence-corrected chi connectivity index (χ0v) is 28.3. The van der Waals surface area contributed by atoms with Crippen LogP contribution >= 0.6 is 11.3 Å². The van der Waals surface area contributed by atoms with Gasteiger partial charge in [0.2, 0.25) is 0 Å². The second-order valence-corrected chi connectivity index (χ2v) is 13.9. The Hall–Kier alpha value is -6.10. The molecule has 0 saturated carbocycles. The highest BCUT2D eigenvalue weighted by Gasteiger charge is 2.17. The summed E-state index contributed by atoms with van der Waals surface area (Å²) >= 11 is 1.88. The summed E-state index contributed by atoms with van der Waals surface area (Å²) in [6.45, 7) is 2.16. The lowest BCUT2D eigenvalue weighted by Gasteiger charge is -2.15. The number of aryl methyl sites for hydroxylation is 1. The van der Waals surface area contributed by atoms with Crippen molar-refractivity contribution in [3.05, 3.63) is 164 Å². The third kappa shape index (κ3) is 4.49. The fourth-order valence-corrected chi connectivity index (χ4v) is 8.90. The van der Waals surface area contributed by atoms with Crippen LogP contribution in [0.5, 0.6) is 0 Å². The first kappa shape index (κ1) is 28.9. The SMILES string of the molecule is CCc1nc2ccccc2n1-c1ccc(-c2nc3ccccc3c3c(-c4cccc(-c5cccc6c5sc5ccccc56)c4)cccc23)cc1. The molecule has 0 aliphatic rings. The summed E-state index contributed by atoms with van der Waals surface area (Å²) in [4.78, 5) is 10.2. The summed E-state index contributed by atoms with van der Waals surface area (Å²) in [5.74, 6) is 1.06. The maximum atomic E-state index is 5.29. The molecule has 0 saturated heterocycles. The predicted octanol–water partition coefficient (Wildman–Crippen LogP) is 12.7. The molecule has 0 radical (unpaired) electrons. The van der Waals surface area contributed by atoms with Gasteiger partial charge in [-0.25, -0.2) is 9.97 Å². The summed E-state index contributed by atoms with van der Waals surface area (Å²) in [7, 11) is 0. The van der Waals surface area contributed by atoms with E-state index < -0.39 is 0 Å². The minimum absolute atomic E-state index is 0.858. The molecule has 0 fully saturated rings. The maximum absolute atomic E-state index is 5.29. The smallest absolute Gasteiger partial charge is 0.114 e. The van der Waals surface area contributed by atoms with Gasteiger partial charge in [-0.05, 0) is 64.7 Å². The second-order valence-electron chi connectivity index (χ2n) is 12.8. The average molecular weight is 658 g/mol. The molecule has 4 heteroatoms. The Morgan fingerprint density at radius 1 is 0.520 bits per heavy atom. The number of para-hydroxylation sites is 3.